The van der Waals surface area contributed by atoms with E-state index in [9.17, 15) is 23.3 Å². The second kappa shape index (κ2) is 4.91. The van der Waals surface area contributed by atoms with Gasteiger partial charge in [-0.25, -0.2) is 0 Å². The molecule has 0 atom stereocenters. The fourth-order valence-corrected chi connectivity index (χ4v) is 1.82. The summed E-state index contributed by atoms with van der Waals surface area (Å²) in [5, 5.41) is 10.7. The van der Waals surface area contributed by atoms with Gasteiger partial charge in [-0.15, -0.1) is 0 Å². The van der Waals surface area contributed by atoms with Crippen molar-refractivity contribution in [2.75, 3.05) is 6.61 Å². The molecule has 17 heavy (non-hydrogen) atoms. The number of nitro benzene ring substituents is 1. The number of alkyl halides is 3. The molecule has 0 aliphatic carbocycles. The van der Waals surface area contributed by atoms with Crippen molar-refractivity contribution in [2.24, 2.45) is 0 Å². The van der Waals surface area contributed by atoms with Gasteiger partial charge in [0.2, 0.25) is 5.75 Å². The highest BCUT2D eigenvalue weighted by atomic mass is 79.9. The zero-order valence-electron chi connectivity index (χ0n) is 8.55. The Labute approximate surface area is 103 Å². The van der Waals surface area contributed by atoms with Gasteiger partial charge >= 0.3 is 11.9 Å². The van der Waals surface area contributed by atoms with Crippen LogP contribution in [0.2, 0.25) is 0 Å². The van der Waals surface area contributed by atoms with E-state index in [2.05, 4.69) is 20.7 Å². The van der Waals surface area contributed by atoms with Gasteiger partial charge in [0.15, 0.2) is 6.61 Å². The maximum atomic E-state index is 12.0. The summed E-state index contributed by atoms with van der Waals surface area (Å²) < 4.78 is 40.5. The molecule has 94 valence electrons. The minimum Gasteiger partial charge on any atom is -0.476 e. The van der Waals surface area contributed by atoms with Gasteiger partial charge in [0.05, 0.1) is 9.40 Å². The minimum absolute atomic E-state index is 0.119. The molecule has 0 unspecified atom stereocenters. The van der Waals surface area contributed by atoms with Crippen molar-refractivity contribution in [3.63, 3.8) is 0 Å². The van der Waals surface area contributed by atoms with Crippen LogP contribution >= 0.6 is 15.9 Å². The van der Waals surface area contributed by atoms with E-state index in [1.54, 1.807) is 6.92 Å². The average molecular weight is 314 g/mol. The normalized spacial score (nSPS) is 11.4. The first-order valence-electron chi connectivity index (χ1n) is 4.35. The molecule has 0 amide bonds. The van der Waals surface area contributed by atoms with Crippen molar-refractivity contribution in [3.8, 4) is 5.75 Å². The zero-order chi connectivity index (χ0) is 13.2. The summed E-state index contributed by atoms with van der Waals surface area (Å²) in [6, 6.07) is 2.59. The van der Waals surface area contributed by atoms with Crippen molar-refractivity contribution < 1.29 is 22.8 Å². The van der Waals surface area contributed by atoms with E-state index in [-0.39, 0.29) is 4.47 Å². The highest BCUT2D eigenvalue weighted by Gasteiger charge is 2.31. The number of halogens is 4. The fraction of sp³-hybridized carbons (Fsp3) is 0.333. The number of rotatable bonds is 3. The number of nitro groups is 1. The third kappa shape index (κ3) is 3.88. The molecule has 8 heteroatoms. The number of hydrogen-bond acceptors (Lipinski definition) is 3. The fourth-order valence-electron chi connectivity index (χ4n) is 1.14. The zero-order valence-corrected chi connectivity index (χ0v) is 10.1. The van der Waals surface area contributed by atoms with Crippen LogP contribution in [0.15, 0.2) is 16.6 Å². The number of hydrogen-bond donors (Lipinski definition) is 0. The molecule has 4 nitrogen and oxygen atoms in total. The molecule has 0 bridgehead atoms. The van der Waals surface area contributed by atoms with E-state index in [0.29, 0.717) is 5.56 Å². The minimum atomic E-state index is -4.54. The lowest BCUT2D eigenvalue weighted by molar-refractivity contribution is -0.386. The lowest BCUT2D eigenvalue weighted by atomic mass is 10.2. The van der Waals surface area contributed by atoms with Gasteiger partial charge in [-0.2, -0.15) is 13.2 Å². The van der Waals surface area contributed by atoms with Crippen LogP contribution in [0.25, 0.3) is 0 Å². The molecule has 0 aromatic heterocycles. The monoisotopic (exact) mass is 313 g/mol. The third-order valence-electron chi connectivity index (χ3n) is 1.75. The van der Waals surface area contributed by atoms with Crippen LogP contribution in [-0.4, -0.2) is 17.7 Å². The van der Waals surface area contributed by atoms with Crippen LogP contribution in [0.4, 0.5) is 18.9 Å². The Hall–Kier alpha value is -1.31. The Balaban J connectivity index is 3.09. The van der Waals surface area contributed by atoms with Crippen molar-refractivity contribution in [1.29, 1.82) is 0 Å². The molecule has 0 saturated carbocycles. The lowest BCUT2D eigenvalue weighted by Crippen LogP contribution is -2.19. The summed E-state index contributed by atoms with van der Waals surface area (Å²) in [5.74, 6) is -0.419. The molecule has 0 radical (unpaired) electrons. The van der Waals surface area contributed by atoms with E-state index in [1.165, 1.54) is 6.07 Å². The quantitative estimate of drug-likeness (QED) is 0.632. The number of ether oxygens (including phenoxy) is 1. The molecule has 0 aliphatic rings. The van der Waals surface area contributed by atoms with Gasteiger partial charge in [-0.1, -0.05) is 0 Å². The Bertz CT molecular complexity index is 448. The smallest absolute Gasteiger partial charge is 0.422 e. The SMILES string of the molecule is Cc1cc(Br)c(OCC(F)(F)F)c([N+](=O)[O-])c1. The topological polar surface area (TPSA) is 52.4 Å². The summed E-state index contributed by atoms with van der Waals surface area (Å²) >= 11 is 2.94. The molecule has 0 N–H and O–H groups in total. The first kappa shape index (κ1) is 13.8. The average Bonchev–Trinajstić information content (AvgIpc) is 2.13. The van der Waals surface area contributed by atoms with Crippen LogP contribution in [0.5, 0.6) is 5.75 Å². The number of aryl methyl sites for hydroxylation is 1. The summed E-state index contributed by atoms with van der Waals surface area (Å²) in [7, 11) is 0. The van der Waals surface area contributed by atoms with Crippen molar-refractivity contribution in [3.05, 3.63) is 32.3 Å². The molecular weight excluding hydrogens is 307 g/mol. The molecule has 1 aromatic carbocycles. The first-order valence-corrected chi connectivity index (χ1v) is 5.14. The summed E-state index contributed by atoms with van der Waals surface area (Å²) in [4.78, 5) is 9.89. The molecule has 1 rings (SSSR count). The second-order valence-corrected chi connectivity index (χ2v) is 4.11. The van der Waals surface area contributed by atoms with E-state index in [0.717, 1.165) is 6.07 Å². The van der Waals surface area contributed by atoms with Gasteiger partial charge in [-0.05, 0) is 34.5 Å². The Morgan fingerprint density at radius 2 is 2.06 bits per heavy atom. The highest BCUT2D eigenvalue weighted by Crippen LogP contribution is 2.37. The largest absolute Gasteiger partial charge is 0.476 e. The van der Waals surface area contributed by atoms with Crippen LogP contribution in [0, 0.1) is 17.0 Å². The lowest BCUT2D eigenvalue weighted by Gasteiger charge is -2.11. The predicted molar refractivity (Wildman–Crippen MR) is 57.1 cm³/mol. The molecule has 0 heterocycles. The molecule has 0 saturated heterocycles. The molecule has 1 aromatic rings. The summed E-state index contributed by atoms with van der Waals surface area (Å²) in [6.07, 6.45) is -4.54. The van der Waals surface area contributed by atoms with Gasteiger partial charge in [0.25, 0.3) is 0 Å². The van der Waals surface area contributed by atoms with Crippen LogP contribution in [-0.2, 0) is 0 Å². The Kier molecular flexibility index (Phi) is 3.97. The van der Waals surface area contributed by atoms with E-state index in [4.69, 9.17) is 0 Å². The van der Waals surface area contributed by atoms with Crippen LogP contribution in [0.3, 0.4) is 0 Å². The second-order valence-electron chi connectivity index (χ2n) is 3.26. The Morgan fingerprint density at radius 1 is 1.47 bits per heavy atom. The maximum absolute atomic E-state index is 12.0. The van der Waals surface area contributed by atoms with E-state index >= 15 is 0 Å². The molecule has 0 fully saturated rings. The third-order valence-corrected chi connectivity index (χ3v) is 2.33. The van der Waals surface area contributed by atoms with Gasteiger partial charge < -0.3 is 4.74 Å². The summed E-state index contributed by atoms with van der Waals surface area (Å²) in [5.41, 5.74) is 0.0454. The molecule has 0 spiro atoms. The predicted octanol–water partition coefficient (Wildman–Crippen LogP) is 3.61. The van der Waals surface area contributed by atoms with Crippen LogP contribution < -0.4 is 4.74 Å². The standard InChI is InChI=1S/C9H7BrF3NO3/c1-5-2-6(10)8(7(3-5)14(15)16)17-4-9(11,12)13/h2-3H,4H2,1H3. The van der Waals surface area contributed by atoms with Gasteiger partial charge in [0, 0.05) is 6.07 Å². The number of nitrogens with zero attached hydrogens (tertiary/aromatic N) is 1. The van der Waals surface area contributed by atoms with Crippen molar-refractivity contribution in [2.45, 2.75) is 13.1 Å². The van der Waals surface area contributed by atoms with Gasteiger partial charge in [-0.3, -0.25) is 10.1 Å². The van der Waals surface area contributed by atoms with Gasteiger partial charge in [0.1, 0.15) is 0 Å². The Morgan fingerprint density at radius 3 is 2.53 bits per heavy atom. The van der Waals surface area contributed by atoms with E-state index in [1.807, 2.05) is 0 Å². The van der Waals surface area contributed by atoms with Crippen molar-refractivity contribution in [1.82, 2.24) is 0 Å². The van der Waals surface area contributed by atoms with E-state index < -0.39 is 29.1 Å². The highest BCUT2D eigenvalue weighted by molar-refractivity contribution is 9.10. The molecular formula is C9H7BrF3NO3. The van der Waals surface area contributed by atoms with Crippen LogP contribution in [0.1, 0.15) is 5.56 Å². The molecule has 0 aliphatic heterocycles. The number of benzene rings is 1. The maximum Gasteiger partial charge on any atom is 0.422 e. The first-order chi connectivity index (χ1) is 7.70. The summed E-state index contributed by atoms with van der Waals surface area (Å²) in [6.45, 7) is 0.0147. The van der Waals surface area contributed by atoms with Crippen molar-refractivity contribution >= 4 is 21.6 Å².